The maximum atomic E-state index is 11.2. The third-order valence-electron chi connectivity index (χ3n) is 1.64. The number of hydrogen-bond acceptors (Lipinski definition) is 4. The van der Waals surface area contributed by atoms with Crippen LogP contribution in [0.3, 0.4) is 0 Å². The second kappa shape index (κ2) is 5.81. The van der Waals surface area contributed by atoms with Crippen molar-refractivity contribution in [3.8, 4) is 0 Å². The Labute approximate surface area is 96.8 Å². The molecule has 5 N–H and O–H groups in total. The van der Waals surface area contributed by atoms with Gasteiger partial charge in [0.2, 0.25) is 0 Å². The number of nitrogens with one attached hydrogen (secondary N) is 3. The molecule has 0 aliphatic carbocycles. The lowest BCUT2D eigenvalue weighted by molar-refractivity contribution is -0.139. The topological polar surface area (TPSA) is 113 Å². The minimum Gasteiger partial charge on any atom is -0.392 e. The lowest BCUT2D eigenvalue weighted by atomic mass is 10.3. The van der Waals surface area contributed by atoms with Crippen molar-refractivity contribution < 1.29 is 9.59 Å². The highest BCUT2D eigenvalue weighted by molar-refractivity contribution is 7.80. The molecule has 0 fully saturated rings. The van der Waals surface area contributed by atoms with Gasteiger partial charge in [0.15, 0.2) is 0 Å². The molecule has 0 aromatic carbocycles. The zero-order valence-corrected chi connectivity index (χ0v) is 9.13. The van der Waals surface area contributed by atoms with Gasteiger partial charge in [-0.25, -0.2) is 0 Å². The van der Waals surface area contributed by atoms with E-state index in [1.165, 1.54) is 0 Å². The highest BCUT2D eigenvalue weighted by Gasteiger charge is 2.12. The molecule has 1 aromatic rings. The number of thiocarbonyl (C=S) groups is 1. The number of carbonyl (C=O) groups excluding carboxylic acids is 2. The number of aromatic amines is 1. The fourth-order valence-electron chi connectivity index (χ4n) is 0.885. The number of amides is 2. The Bertz CT molecular complexity index is 389. The summed E-state index contributed by atoms with van der Waals surface area (Å²) in [5.41, 5.74) is 5.94. The minimum atomic E-state index is -0.767. The first kappa shape index (κ1) is 12.1. The van der Waals surface area contributed by atoms with E-state index in [2.05, 4.69) is 33.0 Å². The molecule has 8 heteroatoms. The molecule has 2 amide bonds. The molecule has 0 spiro atoms. The quantitative estimate of drug-likeness (QED) is 0.376. The number of H-pyrrole nitrogens is 1. The van der Waals surface area contributed by atoms with E-state index in [0.29, 0.717) is 0 Å². The van der Waals surface area contributed by atoms with Gasteiger partial charge in [-0.2, -0.15) is 5.10 Å². The van der Waals surface area contributed by atoms with E-state index in [9.17, 15) is 9.59 Å². The SMILES string of the molecule is NC(=S)CNC(=O)C(=O)NCc1cn[nH]c1. The summed E-state index contributed by atoms with van der Waals surface area (Å²) in [4.78, 5) is 22.5. The van der Waals surface area contributed by atoms with Crippen molar-refractivity contribution in [3.63, 3.8) is 0 Å². The van der Waals surface area contributed by atoms with E-state index >= 15 is 0 Å². The van der Waals surface area contributed by atoms with Crippen molar-refractivity contribution in [2.24, 2.45) is 5.73 Å². The number of aromatic nitrogens is 2. The molecule has 0 aliphatic rings. The van der Waals surface area contributed by atoms with Gasteiger partial charge >= 0.3 is 11.8 Å². The zero-order valence-electron chi connectivity index (χ0n) is 8.32. The van der Waals surface area contributed by atoms with E-state index in [1.807, 2.05) is 0 Å². The van der Waals surface area contributed by atoms with Crippen LogP contribution in [0.15, 0.2) is 12.4 Å². The molecule has 0 radical (unpaired) electrons. The Morgan fingerprint density at radius 2 is 2.12 bits per heavy atom. The summed E-state index contributed by atoms with van der Waals surface area (Å²) in [5, 5.41) is 11.0. The number of hydrogen-bond donors (Lipinski definition) is 4. The van der Waals surface area contributed by atoms with Crippen LogP contribution in [-0.4, -0.2) is 33.5 Å². The molecular formula is C8H11N5O2S. The molecule has 1 heterocycles. The molecule has 0 atom stereocenters. The van der Waals surface area contributed by atoms with Crippen molar-refractivity contribution in [2.75, 3.05) is 6.54 Å². The predicted molar refractivity (Wildman–Crippen MR) is 60.2 cm³/mol. The molecular weight excluding hydrogens is 230 g/mol. The first-order valence-electron chi connectivity index (χ1n) is 4.41. The first-order chi connectivity index (χ1) is 7.59. The van der Waals surface area contributed by atoms with Gasteiger partial charge in [0.05, 0.1) is 17.7 Å². The van der Waals surface area contributed by atoms with E-state index in [-0.39, 0.29) is 18.1 Å². The Morgan fingerprint density at radius 1 is 1.44 bits per heavy atom. The second-order valence-corrected chi connectivity index (χ2v) is 3.46. The zero-order chi connectivity index (χ0) is 12.0. The Hall–Kier alpha value is -1.96. The normalized spacial score (nSPS) is 9.50. The van der Waals surface area contributed by atoms with E-state index in [0.717, 1.165) is 5.56 Å². The second-order valence-electron chi connectivity index (χ2n) is 2.94. The van der Waals surface area contributed by atoms with Crippen LogP contribution >= 0.6 is 12.2 Å². The van der Waals surface area contributed by atoms with Crippen molar-refractivity contribution in [1.29, 1.82) is 0 Å². The molecule has 1 aromatic heterocycles. The predicted octanol–water partition coefficient (Wildman–Crippen LogP) is -1.57. The summed E-state index contributed by atoms with van der Waals surface area (Å²) in [7, 11) is 0. The number of carbonyl (C=O) groups is 2. The van der Waals surface area contributed by atoms with Crippen LogP contribution in [0.1, 0.15) is 5.56 Å². The van der Waals surface area contributed by atoms with Crippen LogP contribution in [0.25, 0.3) is 0 Å². The fraction of sp³-hybridized carbons (Fsp3) is 0.250. The average molecular weight is 241 g/mol. The van der Waals surface area contributed by atoms with Gasteiger partial charge in [0.1, 0.15) is 0 Å². The molecule has 0 bridgehead atoms. The van der Waals surface area contributed by atoms with E-state index in [1.54, 1.807) is 12.4 Å². The van der Waals surface area contributed by atoms with Crippen LogP contribution in [0, 0.1) is 0 Å². The van der Waals surface area contributed by atoms with Gasteiger partial charge in [-0.05, 0) is 0 Å². The van der Waals surface area contributed by atoms with Crippen LogP contribution in [0.4, 0.5) is 0 Å². The molecule has 16 heavy (non-hydrogen) atoms. The molecule has 0 saturated carbocycles. The van der Waals surface area contributed by atoms with Gasteiger partial charge in [-0.15, -0.1) is 0 Å². The molecule has 86 valence electrons. The Morgan fingerprint density at radius 3 is 2.69 bits per heavy atom. The third kappa shape index (κ3) is 4.05. The van der Waals surface area contributed by atoms with Crippen LogP contribution in [-0.2, 0) is 16.1 Å². The first-order valence-corrected chi connectivity index (χ1v) is 4.82. The third-order valence-corrected chi connectivity index (χ3v) is 1.78. The summed E-state index contributed by atoms with van der Waals surface area (Å²) < 4.78 is 0. The lowest BCUT2D eigenvalue weighted by Crippen LogP contribution is -2.42. The van der Waals surface area contributed by atoms with Crippen LogP contribution in [0.5, 0.6) is 0 Å². The van der Waals surface area contributed by atoms with Crippen LogP contribution in [0.2, 0.25) is 0 Å². The Kier molecular flexibility index (Phi) is 4.40. The molecule has 1 rings (SSSR count). The maximum absolute atomic E-state index is 11.2. The molecule has 0 unspecified atom stereocenters. The monoisotopic (exact) mass is 241 g/mol. The van der Waals surface area contributed by atoms with E-state index < -0.39 is 11.8 Å². The van der Waals surface area contributed by atoms with Gasteiger partial charge in [-0.3, -0.25) is 14.7 Å². The summed E-state index contributed by atoms with van der Waals surface area (Å²) in [6.45, 7) is 0.239. The van der Waals surface area contributed by atoms with Crippen molar-refractivity contribution in [3.05, 3.63) is 18.0 Å². The number of rotatable bonds is 4. The fourth-order valence-corrected chi connectivity index (χ4v) is 0.957. The smallest absolute Gasteiger partial charge is 0.309 e. The van der Waals surface area contributed by atoms with Crippen molar-refractivity contribution in [2.45, 2.75) is 6.54 Å². The number of nitrogens with two attached hydrogens (primary N) is 1. The highest BCUT2D eigenvalue weighted by Crippen LogP contribution is 1.91. The molecule has 7 nitrogen and oxygen atoms in total. The standard InChI is InChI=1S/C8H11N5O2S/c9-6(16)4-11-8(15)7(14)10-1-5-2-12-13-3-5/h2-3H,1,4H2,(H2,9,16)(H,10,14)(H,11,15)(H,12,13). The van der Waals surface area contributed by atoms with Gasteiger partial charge in [-0.1, -0.05) is 12.2 Å². The van der Waals surface area contributed by atoms with Gasteiger partial charge < -0.3 is 16.4 Å². The van der Waals surface area contributed by atoms with Gasteiger partial charge in [0.25, 0.3) is 0 Å². The minimum absolute atomic E-state index is 0.00724. The maximum Gasteiger partial charge on any atom is 0.309 e. The molecule has 0 aliphatic heterocycles. The highest BCUT2D eigenvalue weighted by atomic mass is 32.1. The van der Waals surface area contributed by atoms with Crippen LogP contribution < -0.4 is 16.4 Å². The Balaban J connectivity index is 2.29. The largest absolute Gasteiger partial charge is 0.392 e. The van der Waals surface area contributed by atoms with Gasteiger partial charge in [0, 0.05) is 18.3 Å². The summed E-state index contributed by atoms with van der Waals surface area (Å²) in [6, 6.07) is 0. The van der Waals surface area contributed by atoms with E-state index in [4.69, 9.17) is 5.73 Å². The van der Waals surface area contributed by atoms with Crippen molar-refractivity contribution in [1.82, 2.24) is 20.8 Å². The van der Waals surface area contributed by atoms with Crippen molar-refractivity contribution >= 4 is 29.0 Å². The summed E-state index contributed by atoms with van der Waals surface area (Å²) >= 11 is 4.55. The molecule has 0 saturated heterocycles. The summed E-state index contributed by atoms with van der Waals surface area (Å²) in [6.07, 6.45) is 3.17. The number of nitrogens with zero attached hydrogens (tertiary/aromatic N) is 1. The summed E-state index contributed by atoms with van der Waals surface area (Å²) in [5.74, 6) is -1.51. The lowest BCUT2D eigenvalue weighted by Gasteiger charge is -2.04. The average Bonchev–Trinajstić information content (AvgIpc) is 2.75.